The van der Waals surface area contributed by atoms with Crippen LogP contribution in [0.25, 0.3) is 0 Å². The Hall–Kier alpha value is -4.33. The van der Waals surface area contributed by atoms with Crippen LogP contribution in [0, 0.1) is 34.5 Å². The number of benzene rings is 1. The van der Waals surface area contributed by atoms with E-state index in [1.54, 1.807) is 6.07 Å². The summed E-state index contributed by atoms with van der Waals surface area (Å²) in [4.78, 5) is 46.4. The maximum Gasteiger partial charge on any atom is 0.350 e. The molecule has 368 valence electrons. The van der Waals surface area contributed by atoms with E-state index in [-0.39, 0.29) is 65.5 Å². The van der Waals surface area contributed by atoms with Crippen LogP contribution in [-0.4, -0.2) is 86.1 Å². The molecule has 12 nitrogen and oxygen atoms in total. The molecular formula is C56H78N6O6. The first-order valence-electron chi connectivity index (χ1n) is 26.1. The Morgan fingerprint density at radius 2 is 1.82 bits per heavy atom. The van der Waals surface area contributed by atoms with E-state index in [0.29, 0.717) is 49.4 Å². The van der Waals surface area contributed by atoms with Crippen molar-refractivity contribution >= 4 is 17.5 Å². The third-order valence-electron chi connectivity index (χ3n) is 17.5. The molecule has 0 amide bonds. The predicted molar refractivity (Wildman–Crippen MR) is 266 cm³/mol. The Morgan fingerprint density at radius 3 is 2.59 bits per heavy atom. The summed E-state index contributed by atoms with van der Waals surface area (Å²) >= 11 is 0. The fourth-order valence-electron chi connectivity index (χ4n) is 13.9. The Kier molecular flexibility index (Phi) is 14.4. The number of rotatable bonds is 13. The molecule has 4 aliphatic heterocycles. The van der Waals surface area contributed by atoms with Crippen molar-refractivity contribution in [2.24, 2.45) is 40.2 Å². The van der Waals surface area contributed by atoms with Crippen LogP contribution in [0.5, 0.6) is 0 Å². The number of hydrogen-bond donors (Lipinski definition) is 7. The zero-order chi connectivity index (χ0) is 47.7. The molecule has 68 heavy (non-hydrogen) atoms. The summed E-state index contributed by atoms with van der Waals surface area (Å²) in [6.07, 6.45) is 29.6. The quantitative estimate of drug-likeness (QED) is 0.0345. The van der Waals surface area contributed by atoms with Gasteiger partial charge in [0.05, 0.1) is 26.0 Å². The van der Waals surface area contributed by atoms with E-state index in [1.807, 2.05) is 38.4 Å². The molecule has 3 fully saturated rings. The number of esters is 1. The smallest absolute Gasteiger partial charge is 0.350 e. The maximum atomic E-state index is 15.7. The fourth-order valence-corrected chi connectivity index (χ4v) is 13.9. The van der Waals surface area contributed by atoms with Crippen molar-refractivity contribution in [1.29, 1.82) is 0 Å². The van der Waals surface area contributed by atoms with Crippen LogP contribution >= 0.6 is 0 Å². The minimum atomic E-state index is -2.16. The molecule has 1 aromatic rings. The van der Waals surface area contributed by atoms with E-state index < -0.39 is 23.0 Å². The summed E-state index contributed by atoms with van der Waals surface area (Å²) in [6, 6.07) is 5.70. The first-order valence-corrected chi connectivity index (χ1v) is 26.1. The molecule has 1 aromatic carbocycles. The minimum Gasteiger partial charge on any atom is -0.463 e. The van der Waals surface area contributed by atoms with Gasteiger partial charge < -0.3 is 46.9 Å². The Bertz CT molecular complexity index is 2290. The lowest BCUT2D eigenvalue weighted by atomic mass is 9.63. The number of fused-ring (bicyclic) bond motifs is 1. The standard InChI is InChI=1S/C56H78N6O6/c1-5-59-46-26-39-15-11-14-38-13-7-10-21-53(3,29-37-18-19-47(57)61-32-37)30-40-16-12-17-44-49(40)51(65)56(52(66)67-34-41(46)25-45(38)39)55(68-56,50(44)64)31-42(33-63)36(2)28-54(22-8-6-9-23-54)43-20-24-60-48(27-43)62-35-58-4/h11-12,15-20,27,32,38-39,41,45-47,58-63H,5-10,13-14,21-26,28-31,33-35,57H2,1-4H3/b42-36-/t38-,39+,41+,45+,46+,47?,53+,55-,56-/m0/s1. The zero-order valence-electron chi connectivity index (χ0n) is 41.2. The number of cyclic esters (lactones) is 1. The van der Waals surface area contributed by atoms with Crippen molar-refractivity contribution in [3.05, 3.63) is 106 Å². The highest BCUT2D eigenvalue weighted by atomic mass is 16.7. The normalized spacial score (nSPS) is 34.7. The van der Waals surface area contributed by atoms with Crippen LogP contribution in [-0.2, 0) is 20.7 Å². The SMILES string of the molecule is CCN[C@@H]1C[C@H]2C=CC[C@@H]3CCCC[C@](C)(CC4=CNC(N)C=C4)Cc4cccc5c4C(=O)[C@]4(O[C@@]4(C/C(CO)=C(\C)CC4(C6=CCNC(NCNC)=C6)CCCCC4)C5=O)C(=O)OC[C@H]1C[C@H]32. The first-order chi connectivity index (χ1) is 32.9. The van der Waals surface area contributed by atoms with Crippen molar-refractivity contribution in [3.8, 4) is 0 Å². The molecule has 4 aliphatic carbocycles. The van der Waals surface area contributed by atoms with Crippen LogP contribution in [0.2, 0.25) is 0 Å². The topological polar surface area (TPSA) is 179 Å². The molecule has 0 aromatic heterocycles. The molecule has 4 heterocycles. The van der Waals surface area contributed by atoms with Gasteiger partial charge in [0.2, 0.25) is 5.78 Å². The molecule has 12 heteroatoms. The Balaban J connectivity index is 1.10. The average Bonchev–Trinajstić information content (AvgIpc) is 4.05. The van der Waals surface area contributed by atoms with Gasteiger partial charge in [-0.3, -0.25) is 9.59 Å². The van der Waals surface area contributed by atoms with Crippen LogP contribution in [0.1, 0.15) is 143 Å². The second kappa shape index (κ2) is 20.2. The highest BCUT2D eigenvalue weighted by molar-refractivity contribution is 6.33. The van der Waals surface area contributed by atoms with E-state index in [1.165, 1.54) is 12.0 Å². The molecule has 9 atom stereocenters. The van der Waals surface area contributed by atoms with E-state index in [0.717, 1.165) is 106 Å². The number of aliphatic hydroxyl groups is 1. The highest BCUT2D eigenvalue weighted by Gasteiger charge is 2.86. The van der Waals surface area contributed by atoms with Gasteiger partial charge >= 0.3 is 5.97 Å². The molecule has 9 rings (SSSR count). The number of nitrogens with one attached hydrogen (secondary N) is 5. The summed E-state index contributed by atoms with van der Waals surface area (Å²) in [5.74, 6) is 0.834. The van der Waals surface area contributed by atoms with Crippen molar-refractivity contribution in [1.82, 2.24) is 26.6 Å². The van der Waals surface area contributed by atoms with Crippen molar-refractivity contribution in [3.63, 3.8) is 0 Å². The van der Waals surface area contributed by atoms with Gasteiger partial charge in [-0.15, -0.1) is 0 Å². The summed E-state index contributed by atoms with van der Waals surface area (Å²) < 4.78 is 13.1. The minimum absolute atomic E-state index is 0.0441. The number of carbonyl (C=O) groups is 3. The van der Waals surface area contributed by atoms with Gasteiger partial charge in [-0.1, -0.05) is 94.0 Å². The second-order valence-electron chi connectivity index (χ2n) is 22.1. The van der Waals surface area contributed by atoms with Crippen LogP contribution in [0.4, 0.5) is 0 Å². The number of epoxide rings is 1. The Labute approximate surface area is 404 Å². The van der Waals surface area contributed by atoms with Gasteiger partial charge in [-0.2, -0.15) is 0 Å². The number of ether oxygens (including phenoxy) is 2. The summed E-state index contributed by atoms with van der Waals surface area (Å²) in [7, 11) is 1.91. The number of Topliss-reactive ketones (excluding diaryl/α,β-unsaturated/α-hetero) is 2. The molecule has 2 saturated carbocycles. The lowest BCUT2D eigenvalue weighted by Gasteiger charge is -2.45. The van der Waals surface area contributed by atoms with Crippen molar-refractivity contribution in [2.45, 2.75) is 147 Å². The highest BCUT2D eigenvalue weighted by Crippen LogP contribution is 2.61. The summed E-state index contributed by atoms with van der Waals surface area (Å²) in [5.41, 5.74) is 7.01. The van der Waals surface area contributed by atoms with Crippen molar-refractivity contribution < 1.29 is 29.0 Å². The van der Waals surface area contributed by atoms with Gasteiger partial charge in [-0.25, -0.2) is 4.79 Å². The van der Waals surface area contributed by atoms with Crippen LogP contribution in [0.15, 0.2) is 89.0 Å². The second-order valence-corrected chi connectivity index (χ2v) is 22.1. The number of nitrogens with two attached hydrogens (primary N) is 1. The van der Waals surface area contributed by atoms with E-state index in [4.69, 9.17) is 15.2 Å². The molecule has 1 unspecified atom stereocenters. The van der Waals surface area contributed by atoms with Gasteiger partial charge in [0.1, 0.15) is 5.82 Å². The van der Waals surface area contributed by atoms with E-state index in [2.05, 4.69) is 70.8 Å². The molecule has 8 N–H and O–H groups in total. The van der Waals surface area contributed by atoms with Gasteiger partial charge in [0.25, 0.3) is 5.60 Å². The lowest BCUT2D eigenvalue weighted by molar-refractivity contribution is -0.150. The van der Waals surface area contributed by atoms with E-state index >= 15 is 14.4 Å². The number of dihydropyridines is 2. The maximum absolute atomic E-state index is 15.7. The third-order valence-corrected chi connectivity index (χ3v) is 17.5. The van der Waals surface area contributed by atoms with E-state index in [9.17, 15) is 5.11 Å². The summed E-state index contributed by atoms with van der Waals surface area (Å²) in [5, 5.41) is 28.4. The molecule has 0 radical (unpaired) electrons. The van der Waals surface area contributed by atoms with Crippen LogP contribution < -0.4 is 32.3 Å². The van der Waals surface area contributed by atoms with Gasteiger partial charge in [0, 0.05) is 42.3 Å². The lowest BCUT2D eigenvalue weighted by Crippen LogP contribution is -2.52. The van der Waals surface area contributed by atoms with Crippen LogP contribution in [0.3, 0.4) is 0 Å². The number of ketones is 2. The molecule has 8 aliphatic rings. The number of carbonyl (C=O) groups excluding carboxylic acids is 3. The number of aliphatic hydroxyl groups excluding tert-OH is 1. The summed E-state index contributed by atoms with van der Waals surface area (Å²) in [6.45, 7) is 8.41. The number of allylic oxidation sites excluding steroid dienone is 7. The first kappa shape index (κ1) is 48.7. The molecule has 1 saturated heterocycles. The Morgan fingerprint density at radius 1 is 1.00 bits per heavy atom. The third kappa shape index (κ3) is 9.25. The molecule has 1 spiro atoms. The molecule has 4 bridgehead atoms. The monoisotopic (exact) mass is 931 g/mol. The van der Waals surface area contributed by atoms with Crippen molar-refractivity contribution in [2.75, 3.05) is 40.0 Å². The van der Waals surface area contributed by atoms with Gasteiger partial charge in [0.15, 0.2) is 11.4 Å². The zero-order valence-corrected chi connectivity index (χ0v) is 41.2. The average molecular weight is 931 g/mol. The number of hydrogen-bond acceptors (Lipinski definition) is 12. The van der Waals surface area contributed by atoms with Gasteiger partial charge in [-0.05, 0) is 148 Å². The largest absolute Gasteiger partial charge is 0.463 e. The molecular weight excluding hydrogens is 853 g/mol. The fraction of sp³-hybridized carbons (Fsp3) is 0.625. The predicted octanol–water partition coefficient (Wildman–Crippen LogP) is 7.33.